The first kappa shape index (κ1) is 11.0. The van der Waals surface area contributed by atoms with Gasteiger partial charge in [-0.05, 0) is 31.5 Å². The van der Waals surface area contributed by atoms with E-state index in [1.165, 1.54) is 0 Å². The van der Waals surface area contributed by atoms with Gasteiger partial charge in [-0.3, -0.25) is 0 Å². The minimum absolute atomic E-state index is 0.347. The van der Waals surface area contributed by atoms with Crippen molar-refractivity contribution in [3.05, 3.63) is 29.8 Å². The van der Waals surface area contributed by atoms with Crippen LogP contribution in [0.15, 0.2) is 24.3 Å². The zero-order chi connectivity index (χ0) is 10.8. The topological polar surface area (TPSA) is 9.23 Å². The summed E-state index contributed by atoms with van der Waals surface area (Å²) in [7, 11) is 0. The van der Waals surface area contributed by atoms with Gasteiger partial charge in [-0.2, -0.15) is 4.39 Å². The Kier molecular flexibility index (Phi) is 3.09. The Balaban J connectivity index is 2.78. The average molecular weight is 200 g/mol. The van der Waals surface area contributed by atoms with E-state index in [2.05, 4.69) is 0 Å². The maximum atomic E-state index is 13.4. The first-order chi connectivity index (χ1) is 6.42. The standard InChI is InChI=1S/C11H14F2O/c1-8-5-4-6-10(7-8)14-11(3,13)9(2)12/h4-7,9H,1-3H3. The summed E-state index contributed by atoms with van der Waals surface area (Å²) >= 11 is 0. The van der Waals surface area contributed by atoms with Gasteiger partial charge < -0.3 is 4.74 Å². The number of hydrogen-bond acceptors (Lipinski definition) is 1. The van der Waals surface area contributed by atoms with E-state index in [4.69, 9.17) is 4.74 Å². The van der Waals surface area contributed by atoms with Gasteiger partial charge in [-0.1, -0.05) is 12.1 Å². The third kappa shape index (κ3) is 2.69. The Morgan fingerprint density at radius 2 is 2.07 bits per heavy atom. The van der Waals surface area contributed by atoms with Gasteiger partial charge in [-0.15, -0.1) is 0 Å². The summed E-state index contributed by atoms with van der Waals surface area (Å²) < 4.78 is 31.1. The molecule has 0 aliphatic heterocycles. The molecule has 1 nitrogen and oxygen atoms in total. The van der Waals surface area contributed by atoms with Crippen molar-refractivity contribution in [1.82, 2.24) is 0 Å². The Labute approximate surface area is 82.7 Å². The van der Waals surface area contributed by atoms with E-state index in [9.17, 15) is 8.78 Å². The monoisotopic (exact) mass is 200 g/mol. The number of halogens is 2. The van der Waals surface area contributed by atoms with Crippen LogP contribution in [0.4, 0.5) is 8.78 Å². The molecule has 1 rings (SSSR count). The van der Waals surface area contributed by atoms with E-state index in [-0.39, 0.29) is 0 Å². The van der Waals surface area contributed by atoms with E-state index in [0.29, 0.717) is 5.75 Å². The first-order valence-corrected chi connectivity index (χ1v) is 4.50. The molecule has 0 radical (unpaired) electrons. The van der Waals surface area contributed by atoms with Crippen LogP contribution in [0.1, 0.15) is 19.4 Å². The second-order valence-electron chi connectivity index (χ2n) is 3.52. The zero-order valence-electron chi connectivity index (χ0n) is 8.55. The highest BCUT2D eigenvalue weighted by Gasteiger charge is 2.33. The third-order valence-corrected chi connectivity index (χ3v) is 2.02. The SMILES string of the molecule is Cc1cccc(OC(C)(F)C(C)F)c1. The summed E-state index contributed by atoms with van der Waals surface area (Å²) in [5, 5.41) is 0. The summed E-state index contributed by atoms with van der Waals surface area (Å²) in [6, 6.07) is 6.87. The van der Waals surface area contributed by atoms with Gasteiger partial charge in [0.25, 0.3) is 5.85 Å². The maximum Gasteiger partial charge on any atom is 0.275 e. The van der Waals surface area contributed by atoms with Gasteiger partial charge in [0.05, 0.1) is 0 Å². The van der Waals surface area contributed by atoms with Crippen LogP contribution < -0.4 is 4.74 Å². The molecular formula is C11H14F2O. The van der Waals surface area contributed by atoms with Crippen molar-refractivity contribution in [2.45, 2.75) is 32.8 Å². The number of benzene rings is 1. The van der Waals surface area contributed by atoms with Crippen LogP contribution in [0.2, 0.25) is 0 Å². The normalized spacial score (nSPS) is 17.2. The van der Waals surface area contributed by atoms with Crippen LogP contribution in [0.5, 0.6) is 5.75 Å². The summed E-state index contributed by atoms with van der Waals surface area (Å²) in [5.74, 6) is -1.92. The Hall–Kier alpha value is -1.12. The Morgan fingerprint density at radius 3 is 2.57 bits per heavy atom. The van der Waals surface area contributed by atoms with E-state index in [1.807, 2.05) is 13.0 Å². The zero-order valence-corrected chi connectivity index (χ0v) is 8.55. The maximum absolute atomic E-state index is 13.4. The van der Waals surface area contributed by atoms with Crippen molar-refractivity contribution in [2.75, 3.05) is 0 Å². The molecule has 0 bridgehead atoms. The molecule has 2 unspecified atom stereocenters. The van der Waals surface area contributed by atoms with Crippen molar-refractivity contribution in [2.24, 2.45) is 0 Å². The van der Waals surface area contributed by atoms with E-state index in [1.54, 1.807) is 18.2 Å². The third-order valence-electron chi connectivity index (χ3n) is 2.02. The summed E-state index contributed by atoms with van der Waals surface area (Å²) in [5.41, 5.74) is 0.949. The number of alkyl halides is 2. The predicted octanol–water partition coefficient (Wildman–Crippen LogP) is 3.42. The molecule has 1 aromatic rings. The van der Waals surface area contributed by atoms with Gasteiger partial charge in [0.2, 0.25) is 0 Å². The van der Waals surface area contributed by atoms with E-state index < -0.39 is 12.0 Å². The molecule has 0 saturated heterocycles. The van der Waals surface area contributed by atoms with Crippen LogP contribution in [-0.4, -0.2) is 12.0 Å². The molecule has 0 aliphatic carbocycles. The smallest absolute Gasteiger partial charge is 0.275 e. The van der Waals surface area contributed by atoms with Crippen LogP contribution in [0, 0.1) is 6.92 Å². The van der Waals surface area contributed by atoms with Gasteiger partial charge in [-0.25, -0.2) is 4.39 Å². The van der Waals surface area contributed by atoms with Crippen LogP contribution in [-0.2, 0) is 0 Å². The lowest BCUT2D eigenvalue weighted by Gasteiger charge is -2.23. The highest BCUT2D eigenvalue weighted by Crippen LogP contribution is 2.24. The molecule has 0 saturated carbocycles. The largest absolute Gasteiger partial charge is 0.455 e. The molecule has 78 valence electrons. The lowest BCUT2D eigenvalue weighted by molar-refractivity contribution is -0.0985. The molecule has 14 heavy (non-hydrogen) atoms. The van der Waals surface area contributed by atoms with Crippen LogP contribution in [0.3, 0.4) is 0 Å². The van der Waals surface area contributed by atoms with Gasteiger partial charge in [0.1, 0.15) is 5.75 Å². The molecule has 2 atom stereocenters. The molecule has 0 heterocycles. The molecule has 0 aromatic heterocycles. The minimum atomic E-state index is -2.27. The molecule has 0 aliphatic rings. The average Bonchev–Trinajstić information content (AvgIpc) is 2.02. The molecule has 0 fully saturated rings. The fourth-order valence-electron chi connectivity index (χ4n) is 0.990. The summed E-state index contributed by atoms with van der Waals surface area (Å²) in [6.07, 6.45) is -1.66. The first-order valence-electron chi connectivity index (χ1n) is 4.50. The lowest BCUT2D eigenvalue weighted by atomic mass is 10.2. The van der Waals surface area contributed by atoms with Crippen molar-refractivity contribution in [1.29, 1.82) is 0 Å². The number of ether oxygens (including phenoxy) is 1. The number of rotatable bonds is 3. The Morgan fingerprint density at radius 1 is 1.43 bits per heavy atom. The van der Waals surface area contributed by atoms with Gasteiger partial charge in [0.15, 0.2) is 6.17 Å². The second kappa shape index (κ2) is 3.95. The van der Waals surface area contributed by atoms with Crippen LogP contribution in [0.25, 0.3) is 0 Å². The van der Waals surface area contributed by atoms with Crippen molar-refractivity contribution in [3.8, 4) is 5.75 Å². The second-order valence-corrected chi connectivity index (χ2v) is 3.52. The highest BCUT2D eigenvalue weighted by molar-refractivity contribution is 5.27. The molecule has 1 aromatic carbocycles. The number of aryl methyl sites for hydroxylation is 1. The molecular weight excluding hydrogens is 186 g/mol. The fourth-order valence-corrected chi connectivity index (χ4v) is 0.990. The van der Waals surface area contributed by atoms with Crippen LogP contribution >= 0.6 is 0 Å². The molecule has 0 spiro atoms. The quantitative estimate of drug-likeness (QED) is 0.726. The van der Waals surface area contributed by atoms with E-state index in [0.717, 1.165) is 19.4 Å². The summed E-state index contributed by atoms with van der Waals surface area (Å²) in [6.45, 7) is 4.08. The summed E-state index contributed by atoms with van der Waals surface area (Å²) in [4.78, 5) is 0. The molecule has 0 N–H and O–H groups in total. The fraction of sp³-hybridized carbons (Fsp3) is 0.455. The van der Waals surface area contributed by atoms with Crippen molar-refractivity contribution < 1.29 is 13.5 Å². The highest BCUT2D eigenvalue weighted by atomic mass is 19.2. The number of hydrogen-bond donors (Lipinski definition) is 0. The lowest BCUT2D eigenvalue weighted by Crippen LogP contribution is -2.35. The van der Waals surface area contributed by atoms with E-state index >= 15 is 0 Å². The Bertz CT molecular complexity index is 308. The van der Waals surface area contributed by atoms with Crippen molar-refractivity contribution >= 4 is 0 Å². The predicted molar refractivity (Wildman–Crippen MR) is 51.9 cm³/mol. The van der Waals surface area contributed by atoms with Gasteiger partial charge >= 0.3 is 0 Å². The van der Waals surface area contributed by atoms with Crippen molar-refractivity contribution in [3.63, 3.8) is 0 Å². The molecule has 3 heteroatoms. The molecule has 0 amide bonds. The van der Waals surface area contributed by atoms with Gasteiger partial charge in [0, 0.05) is 6.92 Å². The minimum Gasteiger partial charge on any atom is -0.455 e.